The summed E-state index contributed by atoms with van der Waals surface area (Å²) in [4.78, 5) is 16.8. The number of carbonyl (C=O) groups is 1. The van der Waals surface area contributed by atoms with Gasteiger partial charge in [0.05, 0.1) is 17.8 Å². The minimum absolute atomic E-state index is 0.0383. The zero-order chi connectivity index (χ0) is 19.4. The van der Waals surface area contributed by atoms with E-state index in [0.29, 0.717) is 18.8 Å². The molecule has 1 saturated heterocycles. The molecule has 0 saturated carbocycles. The molecule has 8 nitrogen and oxygen atoms in total. The van der Waals surface area contributed by atoms with E-state index in [1.165, 1.54) is 6.26 Å². The second-order valence-electron chi connectivity index (χ2n) is 7.72. The van der Waals surface area contributed by atoms with Crippen LogP contribution < -0.4 is 0 Å². The number of piperazine rings is 1. The van der Waals surface area contributed by atoms with Crippen LogP contribution in [0.3, 0.4) is 0 Å². The van der Waals surface area contributed by atoms with Gasteiger partial charge in [-0.15, -0.1) is 5.10 Å². The molecular formula is C19H30N6O2. The van der Waals surface area contributed by atoms with Gasteiger partial charge in [-0.05, 0) is 49.2 Å². The summed E-state index contributed by atoms with van der Waals surface area (Å²) < 4.78 is 7.23. The van der Waals surface area contributed by atoms with Crippen LogP contribution in [0.2, 0.25) is 0 Å². The Labute approximate surface area is 160 Å². The molecule has 0 aliphatic carbocycles. The van der Waals surface area contributed by atoms with E-state index in [0.717, 1.165) is 38.2 Å². The fourth-order valence-corrected chi connectivity index (χ4v) is 3.52. The Hall–Kier alpha value is -2.22. The van der Waals surface area contributed by atoms with Crippen molar-refractivity contribution in [2.24, 2.45) is 0 Å². The number of nitrogens with zero attached hydrogens (tertiary/aromatic N) is 6. The molecule has 0 aromatic carbocycles. The maximum Gasteiger partial charge on any atom is 0.289 e. The highest BCUT2D eigenvalue weighted by atomic mass is 16.3. The molecule has 3 rings (SSSR count). The van der Waals surface area contributed by atoms with Crippen molar-refractivity contribution in [3.8, 4) is 0 Å². The minimum Gasteiger partial charge on any atom is -0.459 e. The summed E-state index contributed by atoms with van der Waals surface area (Å²) in [5, 5.41) is 12.6. The number of hydrogen-bond acceptors (Lipinski definition) is 6. The van der Waals surface area contributed by atoms with Crippen LogP contribution in [-0.4, -0.2) is 62.1 Å². The van der Waals surface area contributed by atoms with E-state index in [9.17, 15) is 4.79 Å². The highest BCUT2D eigenvalue weighted by Gasteiger charge is 2.33. The Bertz CT molecular complexity index is 731. The maximum atomic E-state index is 12.5. The standard InChI is InChI=1S/C19H30N6O2/c1-5-8-15(17-20-21-22-25(17)19(3,4)6-2)23-10-12-24(13-11-23)18(26)16-9-7-14-27-16/h7,9,14-15H,5-6,8,10-13H2,1-4H3/t15-/m0/s1. The molecule has 1 atom stereocenters. The fourth-order valence-electron chi connectivity index (χ4n) is 3.52. The van der Waals surface area contributed by atoms with Crippen molar-refractivity contribution in [1.29, 1.82) is 0 Å². The van der Waals surface area contributed by atoms with Crippen molar-refractivity contribution in [2.75, 3.05) is 26.2 Å². The normalized spacial score (nSPS) is 17.3. The van der Waals surface area contributed by atoms with Crippen molar-refractivity contribution in [1.82, 2.24) is 30.0 Å². The van der Waals surface area contributed by atoms with Crippen LogP contribution in [0.25, 0.3) is 0 Å². The Morgan fingerprint density at radius 1 is 1.26 bits per heavy atom. The molecule has 1 fully saturated rings. The fraction of sp³-hybridized carbons (Fsp3) is 0.684. The zero-order valence-corrected chi connectivity index (χ0v) is 16.8. The minimum atomic E-state index is -0.123. The number of amides is 1. The Morgan fingerprint density at radius 3 is 2.59 bits per heavy atom. The highest BCUT2D eigenvalue weighted by molar-refractivity contribution is 5.91. The third-order valence-electron chi connectivity index (χ3n) is 5.57. The first-order valence-corrected chi connectivity index (χ1v) is 9.83. The third-order valence-corrected chi connectivity index (χ3v) is 5.57. The van der Waals surface area contributed by atoms with Gasteiger partial charge in [0.25, 0.3) is 5.91 Å². The Morgan fingerprint density at radius 2 is 2.00 bits per heavy atom. The van der Waals surface area contributed by atoms with Gasteiger partial charge in [0.15, 0.2) is 11.6 Å². The van der Waals surface area contributed by atoms with Gasteiger partial charge >= 0.3 is 0 Å². The van der Waals surface area contributed by atoms with Crippen LogP contribution in [-0.2, 0) is 5.54 Å². The monoisotopic (exact) mass is 374 g/mol. The number of carbonyl (C=O) groups excluding carboxylic acids is 1. The van der Waals surface area contributed by atoms with E-state index in [1.807, 2.05) is 9.58 Å². The number of tetrazole rings is 1. The van der Waals surface area contributed by atoms with Gasteiger partial charge in [-0.3, -0.25) is 9.69 Å². The molecule has 3 heterocycles. The molecule has 0 spiro atoms. The van der Waals surface area contributed by atoms with Crippen molar-refractivity contribution >= 4 is 5.91 Å². The first-order valence-electron chi connectivity index (χ1n) is 9.83. The lowest BCUT2D eigenvalue weighted by Gasteiger charge is -2.39. The first kappa shape index (κ1) is 19.5. The van der Waals surface area contributed by atoms with Crippen molar-refractivity contribution in [3.05, 3.63) is 30.0 Å². The molecule has 1 aliphatic heterocycles. The summed E-state index contributed by atoms with van der Waals surface area (Å²) in [5.41, 5.74) is -0.123. The van der Waals surface area contributed by atoms with Crippen LogP contribution in [0.15, 0.2) is 22.8 Å². The van der Waals surface area contributed by atoms with Gasteiger partial charge in [0.1, 0.15) is 0 Å². The first-order chi connectivity index (χ1) is 13.0. The second kappa shape index (κ2) is 8.21. The van der Waals surface area contributed by atoms with E-state index >= 15 is 0 Å². The van der Waals surface area contributed by atoms with Gasteiger partial charge < -0.3 is 9.32 Å². The molecule has 1 aliphatic rings. The Kier molecular flexibility index (Phi) is 5.94. The van der Waals surface area contributed by atoms with E-state index in [1.54, 1.807) is 12.1 Å². The van der Waals surface area contributed by atoms with Crippen LogP contribution >= 0.6 is 0 Å². The maximum absolute atomic E-state index is 12.5. The predicted molar refractivity (Wildman–Crippen MR) is 101 cm³/mol. The lowest BCUT2D eigenvalue weighted by Crippen LogP contribution is -2.50. The summed E-state index contributed by atoms with van der Waals surface area (Å²) in [5.74, 6) is 1.29. The smallest absolute Gasteiger partial charge is 0.289 e. The average Bonchev–Trinajstić information content (AvgIpc) is 3.38. The predicted octanol–water partition coefficient (Wildman–Crippen LogP) is 2.71. The van der Waals surface area contributed by atoms with Gasteiger partial charge in [-0.1, -0.05) is 20.3 Å². The van der Waals surface area contributed by atoms with Crippen LogP contribution in [0, 0.1) is 0 Å². The molecule has 0 radical (unpaired) electrons. The highest BCUT2D eigenvalue weighted by Crippen LogP contribution is 2.29. The molecule has 0 unspecified atom stereocenters. The molecule has 8 heteroatoms. The largest absolute Gasteiger partial charge is 0.459 e. The second-order valence-corrected chi connectivity index (χ2v) is 7.72. The molecular weight excluding hydrogens is 344 g/mol. The van der Waals surface area contributed by atoms with Crippen LogP contribution in [0.4, 0.5) is 0 Å². The van der Waals surface area contributed by atoms with Crippen LogP contribution in [0.1, 0.15) is 69.4 Å². The van der Waals surface area contributed by atoms with Gasteiger partial charge in [0, 0.05) is 26.2 Å². The number of aromatic nitrogens is 4. The van der Waals surface area contributed by atoms with Crippen molar-refractivity contribution in [2.45, 2.75) is 58.5 Å². The van der Waals surface area contributed by atoms with Crippen LogP contribution in [0.5, 0.6) is 0 Å². The Balaban J connectivity index is 1.73. The van der Waals surface area contributed by atoms with Crippen molar-refractivity contribution < 1.29 is 9.21 Å². The summed E-state index contributed by atoms with van der Waals surface area (Å²) in [6.07, 6.45) is 4.54. The van der Waals surface area contributed by atoms with Crippen molar-refractivity contribution in [3.63, 3.8) is 0 Å². The lowest BCUT2D eigenvalue weighted by atomic mass is 10.0. The van der Waals surface area contributed by atoms with E-state index in [-0.39, 0.29) is 17.5 Å². The molecule has 2 aromatic heterocycles. The van der Waals surface area contributed by atoms with Gasteiger partial charge in [-0.2, -0.15) is 0 Å². The van der Waals surface area contributed by atoms with Gasteiger partial charge in [-0.25, -0.2) is 4.68 Å². The number of furan rings is 1. The molecule has 0 bridgehead atoms. The quantitative estimate of drug-likeness (QED) is 0.741. The summed E-state index contributed by atoms with van der Waals surface area (Å²) in [6, 6.07) is 3.63. The molecule has 27 heavy (non-hydrogen) atoms. The molecule has 0 N–H and O–H groups in total. The summed E-state index contributed by atoms with van der Waals surface area (Å²) in [7, 11) is 0. The summed E-state index contributed by atoms with van der Waals surface area (Å²) >= 11 is 0. The zero-order valence-electron chi connectivity index (χ0n) is 16.8. The lowest BCUT2D eigenvalue weighted by molar-refractivity contribution is 0.0507. The third kappa shape index (κ3) is 4.05. The van der Waals surface area contributed by atoms with Gasteiger partial charge in [0.2, 0.25) is 0 Å². The van der Waals surface area contributed by atoms with E-state index < -0.39 is 0 Å². The number of rotatable bonds is 7. The van der Waals surface area contributed by atoms with E-state index in [4.69, 9.17) is 4.42 Å². The number of hydrogen-bond donors (Lipinski definition) is 0. The summed E-state index contributed by atoms with van der Waals surface area (Å²) in [6.45, 7) is 11.6. The molecule has 1 amide bonds. The van der Waals surface area contributed by atoms with E-state index in [2.05, 4.69) is 48.1 Å². The molecule has 2 aromatic rings. The molecule has 148 valence electrons. The topological polar surface area (TPSA) is 80.3 Å². The average molecular weight is 374 g/mol. The SMILES string of the molecule is CCC[C@@H](c1nnnn1C(C)(C)CC)N1CCN(C(=O)c2ccco2)CC1.